The Bertz CT molecular complexity index is 564. The van der Waals surface area contributed by atoms with Gasteiger partial charge in [0.1, 0.15) is 0 Å². The number of rotatable bonds is 8. The van der Waals surface area contributed by atoms with Gasteiger partial charge in [-0.05, 0) is 61.6 Å². The smallest absolute Gasteiger partial charge is 0.325 e. The highest BCUT2D eigenvalue weighted by molar-refractivity contribution is 7.51. The fraction of sp³-hybridized carbons (Fsp3) is 0.667. The summed E-state index contributed by atoms with van der Waals surface area (Å²) in [6, 6.07) is 5.12. The second-order valence-corrected chi connectivity index (χ2v) is 8.56. The van der Waals surface area contributed by atoms with E-state index in [1.54, 1.807) is 12.1 Å². The highest BCUT2D eigenvalue weighted by Gasteiger charge is 2.22. The van der Waals surface area contributed by atoms with Crippen LogP contribution in [-0.2, 0) is 4.57 Å². The molecule has 0 atom stereocenters. The van der Waals surface area contributed by atoms with E-state index in [4.69, 9.17) is 14.5 Å². The predicted molar refractivity (Wildman–Crippen MR) is 93.0 cm³/mol. The van der Waals surface area contributed by atoms with E-state index in [-0.39, 0.29) is 30.8 Å². The molecule has 0 spiro atoms. The van der Waals surface area contributed by atoms with E-state index in [0.717, 1.165) is 24.3 Å². The Balaban J connectivity index is 1.85. The third kappa shape index (κ3) is 6.19. The molecule has 1 aliphatic carbocycles. The van der Waals surface area contributed by atoms with Gasteiger partial charge in [0.15, 0.2) is 11.6 Å². The molecule has 1 saturated carbocycles. The molecule has 2 N–H and O–H groups in total. The lowest BCUT2D eigenvalue weighted by atomic mass is 9.77. The molecule has 1 fully saturated rings. The van der Waals surface area contributed by atoms with Crippen LogP contribution < -0.4 is 4.74 Å². The van der Waals surface area contributed by atoms with Crippen molar-refractivity contribution in [3.8, 4) is 5.75 Å². The van der Waals surface area contributed by atoms with Crippen LogP contribution in [0, 0.1) is 11.7 Å². The van der Waals surface area contributed by atoms with E-state index >= 15 is 0 Å². The number of benzene rings is 1. The van der Waals surface area contributed by atoms with Crippen LogP contribution >= 0.6 is 7.60 Å². The fourth-order valence-electron chi connectivity index (χ4n) is 3.53. The summed E-state index contributed by atoms with van der Waals surface area (Å²) in [6.45, 7) is 2.32. The minimum Gasteiger partial charge on any atom is -0.491 e. The van der Waals surface area contributed by atoms with Crippen molar-refractivity contribution in [2.45, 2.75) is 57.8 Å². The molecule has 2 rings (SSSR count). The minimum atomic E-state index is -4.01. The van der Waals surface area contributed by atoms with Gasteiger partial charge in [-0.2, -0.15) is 0 Å². The summed E-state index contributed by atoms with van der Waals surface area (Å²) < 4.78 is 30.2. The molecule has 0 aromatic heterocycles. The SMILES string of the molecule is CCCC1CCC(c2ccc(OCCCP(=O)(O)O)c(F)c2)CC1. The molecule has 0 saturated heterocycles. The van der Waals surface area contributed by atoms with Gasteiger partial charge in [-0.1, -0.05) is 25.8 Å². The second kappa shape index (κ2) is 8.98. The maximum Gasteiger partial charge on any atom is 0.325 e. The van der Waals surface area contributed by atoms with Crippen molar-refractivity contribution in [2.24, 2.45) is 5.92 Å². The summed E-state index contributed by atoms with van der Waals surface area (Å²) in [5, 5.41) is 0. The molecule has 0 heterocycles. The third-order valence-corrected chi connectivity index (χ3v) is 5.72. The van der Waals surface area contributed by atoms with Crippen molar-refractivity contribution >= 4 is 7.60 Å². The van der Waals surface area contributed by atoms with Crippen LogP contribution in [0.3, 0.4) is 0 Å². The van der Waals surface area contributed by atoms with Crippen LogP contribution in [0.15, 0.2) is 18.2 Å². The Labute approximate surface area is 143 Å². The predicted octanol–water partition coefficient (Wildman–Crippen LogP) is 4.85. The topological polar surface area (TPSA) is 66.8 Å². The first-order valence-electron chi connectivity index (χ1n) is 8.86. The molecule has 1 aromatic rings. The van der Waals surface area contributed by atoms with Gasteiger partial charge >= 0.3 is 7.60 Å². The Morgan fingerprint density at radius 3 is 2.54 bits per heavy atom. The highest BCUT2D eigenvalue weighted by atomic mass is 31.2. The molecule has 136 valence electrons. The Morgan fingerprint density at radius 1 is 1.25 bits per heavy atom. The monoisotopic (exact) mass is 358 g/mol. The van der Waals surface area contributed by atoms with Crippen molar-refractivity contribution < 1.29 is 23.5 Å². The summed E-state index contributed by atoms with van der Waals surface area (Å²) in [5.74, 6) is 1.02. The standard InChI is InChI=1S/C18H28FO4P/c1-2-4-14-5-7-15(8-6-14)16-9-10-18(17(19)13-16)23-11-3-12-24(20,21)22/h9-10,13-15H,2-8,11-12H2,1H3,(H2,20,21,22). The highest BCUT2D eigenvalue weighted by Crippen LogP contribution is 2.38. The summed E-state index contributed by atoms with van der Waals surface area (Å²) in [7, 11) is -4.01. The van der Waals surface area contributed by atoms with E-state index in [1.807, 2.05) is 6.07 Å². The van der Waals surface area contributed by atoms with Gasteiger partial charge in [-0.25, -0.2) is 4.39 Å². The maximum atomic E-state index is 14.2. The quantitative estimate of drug-likeness (QED) is 0.515. The second-order valence-electron chi connectivity index (χ2n) is 6.79. The first kappa shape index (κ1) is 19.4. The zero-order valence-corrected chi connectivity index (χ0v) is 15.2. The lowest BCUT2D eigenvalue weighted by molar-refractivity contribution is 0.293. The van der Waals surface area contributed by atoms with Crippen molar-refractivity contribution in [2.75, 3.05) is 12.8 Å². The zero-order chi connectivity index (χ0) is 17.6. The molecule has 0 unspecified atom stereocenters. The number of hydrogen-bond donors (Lipinski definition) is 2. The number of hydrogen-bond acceptors (Lipinski definition) is 2. The molecule has 0 aliphatic heterocycles. The van der Waals surface area contributed by atoms with Crippen molar-refractivity contribution in [1.29, 1.82) is 0 Å². The fourth-order valence-corrected chi connectivity index (χ4v) is 4.07. The van der Waals surface area contributed by atoms with Crippen LogP contribution in [0.1, 0.15) is 63.4 Å². The van der Waals surface area contributed by atoms with Gasteiger partial charge in [-0.3, -0.25) is 4.57 Å². The van der Waals surface area contributed by atoms with E-state index in [9.17, 15) is 8.96 Å². The molecule has 0 bridgehead atoms. The number of halogens is 1. The van der Waals surface area contributed by atoms with Gasteiger partial charge in [0.2, 0.25) is 0 Å². The lowest BCUT2D eigenvalue weighted by Gasteiger charge is -2.28. The Kier molecular flexibility index (Phi) is 7.27. The molecule has 24 heavy (non-hydrogen) atoms. The van der Waals surface area contributed by atoms with Gasteiger partial charge in [0, 0.05) is 0 Å². The first-order valence-corrected chi connectivity index (χ1v) is 10.7. The van der Waals surface area contributed by atoms with Crippen LogP contribution in [0.25, 0.3) is 0 Å². The Morgan fingerprint density at radius 2 is 1.96 bits per heavy atom. The van der Waals surface area contributed by atoms with Gasteiger partial charge in [0.05, 0.1) is 12.8 Å². The van der Waals surface area contributed by atoms with Gasteiger partial charge in [-0.15, -0.1) is 0 Å². The number of ether oxygens (including phenoxy) is 1. The van der Waals surface area contributed by atoms with E-state index in [2.05, 4.69) is 6.92 Å². The largest absolute Gasteiger partial charge is 0.491 e. The molecule has 1 aliphatic rings. The molecule has 6 heteroatoms. The summed E-state index contributed by atoms with van der Waals surface area (Å²) in [5.41, 5.74) is 1.03. The van der Waals surface area contributed by atoms with Crippen LogP contribution in [-0.4, -0.2) is 22.6 Å². The van der Waals surface area contributed by atoms with Crippen LogP contribution in [0.2, 0.25) is 0 Å². The first-order chi connectivity index (χ1) is 11.4. The van der Waals surface area contributed by atoms with Crippen LogP contribution in [0.4, 0.5) is 4.39 Å². The van der Waals surface area contributed by atoms with E-state index < -0.39 is 7.60 Å². The van der Waals surface area contributed by atoms with Crippen molar-refractivity contribution in [1.82, 2.24) is 0 Å². The summed E-state index contributed by atoms with van der Waals surface area (Å²) >= 11 is 0. The van der Waals surface area contributed by atoms with Crippen molar-refractivity contribution in [3.05, 3.63) is 29.6 Å². The summed E-state index contributed by atoms with van der Waals surface area (Å²) in [4.78, 5) is 17.6. The summed E-state index contributed by atoms with van der Waals surface area (Å²) in [6.07, 6.45) is 7.17. The minimum absolute atomic E-state index is 0.101. The normalized spacial score (nSPS) is 21.7. The molecule has 4 nitrogen and oxygen atoms in total. The van der Waals surface area contributed by atoms with Crippen molar-refractivity contribution in [3.63, 3.8) is 0 Å². The molecular weight excluding hydrogens is 330 g/mol. The third-order valence-electron chi connectivity index (χ3n) is 4.82. The van der Waals surface area contributed by atoms with Gasteiger partial charge < -0.3 is 14.5 Å². The maximum absolute atomic E-state index is 14.2. The van der Waals surface area contributed by atoms with E-state index in [0.29, 0.717) is 5.92 Å². The Hall–Kier alpha value is -0.900. The zero-order valence-electron chi connectivity index (χ0n) is 14.3. The van der Waals surface area contributed by atoms with Gasteiger partial charge in [0.25, 0.3) is 0 Å². The molecule has 1 aromatic carbocycles. The van der Waals surface area contributed by atoms with E-state index in [1.165, 1.54) is 25.7 Å². The molecule has 0 amide bonds. The average Bonchev–Trinajstić information content (AvgIpc) is 2.53. The lowest BCUT2D eigenvalue weighted by Crippen LogP contribution is -2.13. The molecule has 0 radical (unpaired) electrons. The average molecular weight is 358 g/mol. The van der Waals surface area contributed by atoms with Crippen LogP contribution in [0.5, 0.6) is 5.75 Å². The molecular formula is C18H28FO4P.